The summed E-state index contributed by atoms with van der Waals surface area (Å²) in [5.41, 5.74) is 0. The zero-order valence-electron chi connectivity index (χ0n) is 48.2. The Morgan fingerprint density at radius 3 is 1.18 bits per heavy atom. The maximum absolute atomic E-state index is 13.1. The highest BCUT2D eigenvalue weighted by Gasteiger charge is 2.44. The monoisotopic (exact) mass is 1030 g/mol. The molecule has 0 aliphatic carbocycles. The van der Waals surface area contributed by atoms with Crippen LogP contribution in [0.1, 0.15) is 322 Å². The molecule has 1 rings (SSSR count). The molecular weight excluding hydrogens is 911 g/mol. The van der Waals surface area contributed by atoms with Gasteiger partial charge in [0.25, 0.3) is 0 Å². The molecule has 1 saturated heterocycles. The maximum Gasteiger partial charge on any atom is 0.220 e. The molecule has 9 nitrogen and oxygen atoms in total. The maximum atomic E-state index is 13.1. The number of hydrogen-bond donors (Lipinski definition) is 6. The average molecular weight is 1030 g/mol. The molecule has 0 aromatic carbocycles. The predicted octanol–water partition coefficient (Wildman–Crippen LogP) is 16.5. The van der Waals surface area contributed by atoms with Crippen molar-refractivity contribution in [2.45, 2.75) is 365 Å². The third-order valence-corrected chi connectivity index (χ3v) is 15.6. The zero-order valence-corrected chi connectivity index (χ0v) is 48.2. The molecule has 7 unspecified atom stereocenters. The molecular formula is C64H123NO8. The predicted molar refractivity (Wildman–Crippen MR) is 309 cm³/mol. The topological polar surface area (TPSA) is 149 Å². The number of nitrogens with one attached hydrogen (secondary N) is 1. The SMILES string of the molecule is CCCCCCCCCCC/C=C\C/C=C\CCCCCCCCCCCC(=O)NC(COC1OC(CO)C(O)C(O)C1O)C(O)CCCCCCCCCCCCCCCCCCCCCCCCCCC. The van der Waals surface area contributed by atoms with Gasteiger partial charge in [0.2, 0.25) is 5.91 Å². The second-order valence-corrected chi connectivity index (χ2v) is 22.6. The van der Waals surface area contributed by atoms with Crippen molar-refractivity contribution in [1.82, 2.24) is 5.32 Å². The molecule has 1 aliphatic heterocycles. The first-order valence-corrected chi connectivity index (χ1v) is 32.0. The van der Waals surface area contributed by atoms with Crippen molar-refractivity contribution in [2.75, 3.05) is 13.2 Å². The van der Waals surface area contributed by atoms with Crippen molar-refractivity contribution in [3.8, 4) is 0 Å². The molecule has 7 atom stereocenters. The number of aliphatic hydroxyl groups is 5. The molecule has 1 amide bonds. The Hall–Kier alpha value is -1.33. The van der Waals surface area contributed by atoms with E-state index in [2.05, 4.69) is 43.5 Å². The van der Waals surface area contributed by atoms with Gasteiger partial charge in [-0.25, -0.2) is 0 Å². The third kappa shape index (κ3) is 43.4. The van der Waals surface area contributed by atoms with Crippen molar-refractivity contribution in [2.24, 2.45) is 0 Å². The average Bonchev–Trinajstić information content (AvgIpc) is 3.39. The Labute approximate surface area is 451 Å². The molecule has 0 saturated carbocycles. The van der Waals surface area contributed by atoms with Gasteiger partial charge in [-0.05, 0) is 44.9 Å². The van der Waals surface area contributed by atoms with Crippen molar-refractivity contribution < 1.29 is 39.8 Å². The summed E-state index contributed by atoms with van der Waals surface area (Å²) in [5.74, 6) is -0.143. The molecule has 1 heterocycles. The summed E-state index contributed by atoms with van der Waals surface area (Å²) in [6, 6.07) is -0.721. The van der Waals surface area contributed by atoms with E-state index in [9.17, 15) is 30.3 Å². The minimum absolute atomic E-state index is 0.137. The first kappa shape index (κ1) is 69.7. The first-order valence-electron chi connectivity index (χ1n) is 32.0. The van der Waals surface area contributed by atoms with Crippen molar-refractivity contribution in [3.63, 3.8) is 0 Å². The molecule has 6 N–H and O–H groups in total. The van der Waals surface area contributed by atoms with Gasteiger partial charge in [0.15, 0.2) is 6.29 Å². The van der Waals surface area contributed by atoms with E-state index in [0.29, 0.717) is 12.8 Å². The molecule has 0 spiro atoms. The highest BCUT2D eigenvalue weighted by atomic mass is 16.7. The zero-order chi connectivity index (χ0) is 52.9. The van der Waals surface area contributed by atoms with Gasteiger partial charge in [0, 0.05) is 6.42 Å². The van der Waals surface area contributed by atoms with Gasteiger partial charge >= 0.3 is 0 Å². The summed E-state index contributed by atoms with van der Waals surface area (Å²) >= 11 is 0. The molecule has 73 heavy (non-hydrogen) atoms. The fourth-order valence-electron chi connectivity index (χ4n) is 10.5. The van der Waals surface area contributed by atoms with E-state index in [1.165, 1.54) is 250 Å². The van der Waals surface area contributed by atoms with Crippen molar-refractivity contribution in [3.05, 3.63) is 24.3 Å². The summed E-state index contributed by atoms with van der Waals surface area (Å²) in [6.07, 6.45) is 62.2. The van der Waals surface area contributed by atoms with Crippen LogP contribution in [0.15, 0.2) is 24.3 Å². The van der Waals surface area contributed by atoms with Crippen LogP contribution in [0.4, 0.5) is 0 Å². The molecule has 0 aromatic rings. The summed E-state index contributed by atoms with van der Waals surface area (Å²) in [6.45, 7) is 3.88. The highest BCUT2D eigenvalue weighted by Crippen LogP contribution is 2.23. The van der Waals surface area contributed by atoms with E-state index in [-0.39, 0.29) is 12.5 Å². The molecule has 1 fully saturated rings. The smallest absolute Gasteiger partial charge is 0.220 e. The van der Waals surface area contributed by atoms with E-state index in [4.69, 9.17) is 9.47 Å². The lowest BCUT2D eigenvalue weighted by molar-refractivity contribution is -0.302. The van der Waals surface area contributed by atoms with Crippen LogP contribution in [0.2, 0.25) is 0 Å². The number of ether oxygens (including phenoxy) is 2. The summed E-state index contributed by atoms with van der Waals surface area (Å²) in [4.78, 5) is 13.1. The van der Waals surface area contributed by atoms with E-state index in [1.54, 1.807) is 0 Å². The number of unbranched alkanes of at least 4 members (excludes halogenated alkanes) is 42. The van der Waals surface area contributed by atoms with Crippen molar-refractivity contribution in [1.29, 1.82) is 0 Å². The van der Waals surface area contributed by atoms with E-state index < -0.39 is 49.5 Å². The van der Waals surface area contributed by atoms with E-state index in [0.717, 1.165) is 44.9 Å². The Morgan fingerprint density at radius 1 is 0.466 bits per heavy atom. The van der Waals surface area contributed by atoms with Crippen LogP contribution in [-0.4, -0.2) is 87.5 Å². The van der Waals surface area contributed by atoms with Gasteiger partial charge in [0.05, 0.1) is 25.4 Å². The number of rotatable bonds is 56. The highest BCUT2D eigenvalue weighted by molar-refractivity contribution is 5.76. The minimum Gasteiger partial charge on any atom is -0.394 e. The normalized spacial score (nSPS) is 19.1. The molecule has 0 radical (unpaired) electrons. The molecule has 1 aliphatic rings. The Bertz CT molecular complexity index is 1200. The standard InChI is InChI=1S/C64H123NO8/c1-3-5-7-9-11-13-15-17-19-21-23-25-27-29-31-33-35-37-39-41-43-45-47-49-51-53-58(67)57(56-72-64-63(71)62(70)61(69)59(55-66)73-64)65-60(68)54-52-50-48-46-44-42-40-38-36-34-32-30-28-26-24-22-20-18-16-14-12-10-8-6-4-2/h24,26,30,32,57-59,61-64,66-67,69-71H,3-23,25,27-29,31,33-56H2,1-2H3,(H,65,68)/b26-24-,32-30-. The second kappa shape index (κ2) is 54.0. The summed E-state index contributed by atoms with van der Waals surface area (Å²) in [7, 11) is 0. The molecule has 9 heteroatoms. The largest absolute Gasteiger partial charge is 0.394 e. The summed E-state index contributed by atoms with van der Waals surface area (Å²) < 4.78 is 11.3. The van der Waals surface area contributed by atoms with Gasteiger partial charge in [-0.15, -0.1) is 0 Å². The van der Waals surface area contributed by atoms with Crippen LogP contribution in [0.25, 0.3) is 0 Å². The first-order chi connectivity index (χ1) is 35.8. The van der Waals surface area contributed by atoms with Gasteiger partial charge in [-0.1, -0.05) is 295 Å². The van der Waals surface area contributed by atoms with Gasteiger partial charge < -0.3 is 40.3 Å². The van der Waals surface area contributed by atoms with Gasteiger partial charge in [-0.3, -0.25) is 4.79 Å². The van der Waals surface area contributed by atoms with Gasteiger partial charge in [-0.2, -0.15) is 0 Å². The lowest BCUT2D eigenvalue weighted by atomic mass is 9.99. The van der Waals surface area contributed by atoms with E-state index in [1.807, 2.05) is 0 Å². The lowest BCUT2D eigenvalue weighted by Crippen LogP contribution is -2.60. The summed E-state index contributed by atoms with van der Waals surface area (Å²) in [5, 5.41) is 54.8. The molecule has 0 aromatic heterocycles. The van der Waals surface area contributed by atoms with E-state index >= 15 is 0 Å². The van der Waals surface area contributed by atoms with Crippen molar-refractivity contribution >= 4 is 5.91 Å². The number of aliphatic hydroxyl groups excluding tert-OH is 5. The second-order valence-electron chi connectivity index (χ2n) is 22.6. The fraction of sp³-hybridized carbons (Fsp3) is 0.922. The van der Waals surface area contributed by atoms with Crippen LogP contribution < -0.4 is 5.32 Å². The lowest BCUT2D eigenvalue weighted by Gasteiger charge is -2.40. The van der Waals surface area contributed by atoms with Crippen LogP contribution >= 0.6 is 0 Å². The van der Waals surface area contributed by atoms with Crippen LogP contribution in [0.5, 0.6) is 0 Å². The van der Waals surface area contributed by atoms with Gasteiger partial charge in [0.1, 0.15) is 24.4 Å². The Morgan fingerprint density at radius 2 is 0.808 bits per heavy atom. The van der Waals surface area contributed by atoms with Crippen LogP contribution in [-0.2, 0) is 14.3 Å². The van der Waals surface area contributed by atoms with Crippen LogP contribution in [0, 0.1) is 0 Å². The fourth-order valence-corrected chi connectivity index (χ4v) is 10.5. The molecule has 432 valence electrons. The third-order valence-electron chi connectivity index (χ3n) is 15.6. The number of carbonyl (C=O) groups is 1. The number of amides is 1. The quantitative estimate of drug-likeness (QED) is 0.0261. The Balaban J connectivity index is 2.16. The Kier molecular flexibility index (Phi) is 51.6. The number of hydrogen-bond acceptors (Lipinski definition) is 8. The molecule has 0 bridgehead atoms. The minimum atomic E-state index is -1.55. The number of carbonyl (C=O) groups excluding carboxylic acids is 1. The number of allylic oxidation sites excluding steroid dienone is 4. The van der Waals surface area contributed by atoms with Crippen LogP contribution in [0.3, 0.4) is 0 Å².